The van der Waals surface area contributed by atoms with Gasteiger partial charge in [0.2, 0.25) is 5.95 Å². The van der Waals surface area contributed by atoms with Crippen LogP contribution in [0.5, 0.6) is 0 Å². The van der Waals surface area contributed by atoms with Crippen LogP contribution in [0.4, 0.5) is 5.95 Å². The van der Waals surface area contributed by atoms with Crippen molar-refractivity contribution in [2.75, 3.05) is 11.9 Å². The van der Waals surface area contributed by atoms with Crippen LogP contribution in [0, 0.1) is 0 Å². The lowest BCUT2D eigenvalue weighted by Gasteiger charge is -2.14. The highest BCUT2D eigenvalue weighted by atomic mass is 16.5. The minimum Gasteiger partial charge on any atom is -0.394 e. The molecule has 0 bridgehead atoms. The van der Waals surface area contributed by atoms with Gasteiger partial charge < -0.3 is 30.5 Å². The molecule has 2 aromatic rings. The molecular weight excluding hydrogens is 310 g/mol. The molecule has 5 N–H and O–H groups in total. The number of aliphatic hydroxyl groups is 4. The fourth-order valence-corrected chi connectivity index (χ4v) is 2.94. The Labute approximate surface area is 128 Å². The Morgan fingerprint density at radius 1 is 1.39 bits per heavy atom. The van der Waals surface area contributed by atoms with Gasteiger partial charge >= 0.3 is 0 Å². The zero-order valence-electron chi connectivity index (χ0n) is 11.8. The van der Waals surface area contributed by atoms with Gasteiger partial charge in [0.15, 0.2) is 23.6 Å². The van der Waals surface area contributed by atoms with Crippen LogP contribution in [-0.4, -0.2) is 64.6 Å². The van der Waals surface area contributed by atoms with Gasteiger partial charge in [-0.05, 0) is 0 Å². The summed E-state index contributed by atoms with van der Waals surface area (Å²) in [5.74, 6) is 0.0153. The number of ether oxygens (including phenoxy) is 1. The molecular formula is C12H15N5O6. The van der Waals surface area contributed by atoms with E-state index in [9.17, 15) is 20.1 Å². The van der Waals surface area contributed by atoms with E-state index in [2.05, 4.69) is 15.3 Å². The Balaban J connectivity index is 1.81. The van der Waals surface area contributed by atoms with E-state index in [0.717, 1.165) is 4.57 Å². The van der Waals surface area contributed by atoms with Gasteiger partial charge in [-0.1, -0.05) is 0 Å². The lowest BCUT2D eigenvalue weighted by molar-refractivity contribution is -0.0432. The molecule has 11 nitrogen and oxygen atoms in total. The molecule has 4 rings (SSSR count). The monoisotopic (exact) mass is 325 g/mol. The summed E-state index contributed by atoms with van der Waals surface area (Å²) in [6, 6.07) is 0. The number of imidazole rings is 1. The highest BCUT2D eigenvalue weighted by Gasteiger charge is 2.37. The first kappa shape index (κ1) is 14.5. The maximum absolute atomic E-state index is 12.4. The van der Waals surface area contributed by atoms with Crippen molar-refractivity contribution in [1.82, 2.24) is 19.1 Å². The predicted octanol–water partition coefficient (Wildman–Crippen LogP) is -2.53. The summed E-state index contributed by atoms with van der Waals surface area (Å²) < 4.78 is 7.93. The van der Waals surface area contributed by atoms with Gasteiger partial charge in [0.05, 0.1) is 19.0 Å². The standard InChI is InChI=1S/C12H15N5O6/c18-2-5-4(19)1-6(23-5)16-3-13-7-8(16)14-12-15-9(20)11(22)17(12)10(7)21/h3-6,9,11,18-20,22H,1-2H2,(H,14,15)/t4-,5+,6-,9?,11?/m0/s1. The predicted molar refractivity (Wildman–Crippen MR) is 74.3 cm³/mol. The van der Waals surface area contributed by atoms with Gasteiger partial charge in [-0.3, -0.25) is 9.36 Å². The van der Waals surface area contributed by atoms with Crippen molar-refractivity contribution in [2.24, 2.45) is 0 Å². The quantitative estimate of drug-likeness (QED) is 0.402. The van der Waals surface area contributed by atoms with Gasteiger partial charge in [-0.2, -0.15) is 4.98 Å². The van der Waals surface area contributed by atoms with Crippen molar-refractivity contribution >= 4 is 17.1 Å². The van der Waals surface area contributed by atoms with Crippen LogP contribution in [0.15, 0.2) is 11.1 Å². The summed E-state index contributed by atoms with van der Waals surface area (Å²) in [5.41, 5.74) is -0.391. The number of rotatable bonds is 2. The van der Waals surface area contributed by atoms with Crippen LogP contribution >= 0.6 is 0 Å². The van der Waals surface area contributed by atoms with Crippen molar-refractivity contribution in [3.63, 3.8) is 0 Å². The van der Waals surface area contributed by atoms with Crippen molar-refractivity contribution in [2.45, 2.75) is 37.3 Å². The average molecular weight is 325 g/mol. The normalized spacial score (nSPS) is 33.1. The number of aromatic nitrogens is 4. The van der Waals surface area contributed by atoms with E-state index in [1.54, 1.807) is 0 Å². The molecule has 0 amide bonds. The zero-order valence-corrected chi connectivity index (χ0v) is 11.8. The third kappa shape index (κ3) is 1.98. The lowest BCUT2D eigenvalue weighted by Crippen LogP contribution is -2.27. The summed E-state index contributed by atoms with van der Waals surface area (Å²) in [4.78, 5) is 20.6. The van der Waals surface area contributed by atoms with Crippen LogP contribution in [0.2, 0.25) is 0 Å². The fraction of sp³-hybridized carbons (Fsp3) is 0.583. The topological polar surface area (TPSA) is 155 Å². The molecule has 4 heterocycles. The van der Waals surface area contributed by atoms with E-state index in [1.807, 2.05) is 0 Å². The van der Waals surface area contributed by atoms with E-state index in [4.69, 9.17) is 9.84 Å². The van der Waals surface area contributed by atoms with Crippen molar-refractivity contribution in [1.29, 1.82) is 0 Å². The van der Waals surface area contributed by atoms with E-state index >= 15 is 0 Å². The summed E-state index contributed by atoms with van der Waals surface area (Å²) >= 11 is 0. The zero-order chi connectivity index (χ0) is 16.3. The molecule has 0 saturated carbocycles. The first-order chi connectivity index (χ1) is 11.0. The van der Waals surface area contributed by atoms with Gasteiger partial charge in [0.25, 0.3) is 5.56 Å². The summed E-state index contributed by atoms with van der Waals surface area (Å²) in [6.07, 6.45) is -3.38. The van der Waals surface area contributed by atoms with Crippen LogP contribution in [-0.2, 0) is 4.74 Å². The number of fused-ring (bicyclic) bond motifs is 2. The van der Waals surface area contributed by atoms with Crippen molar-refractivity contribution in [3.05, 3.63) is 16.7 Å². The molecule has 11 heteroatoms. The smallest absolute Gasteiger partial charge is 0.285 e. The van der Waals surface area contributed by atoms with E-state index in [-0.39, 0.29) is 30.1 Å². The van der Waals surface area contributed by atoms with Gasteiger partial charge in [0, 0.05) is 6.42 Å². The first-order valence-corrected chi connectivity index (χ1v) is 7.07. The van der Waals surface area contributed by atoms with E-state index in [0.29, 0.717) is 0 Å². The second-order valence-electron chi connectivity index (χ2n) is 5.55. The third-order valence-electron chi connectivity index (χ3n) is 4.15. The Hall–Kier alpha value is -2.05. The Kier molecular flexibility index (Phi) is 3.14. The summed E-state index contributed by atoms with van der Waals surface area (Å²) in [7, 11) is 0. The van der Waals surface area contributed by atoms with Crippen LogP contribution in [0.1, 0.15) is 18.9 Å². The van der Waals surface area contributed by atoms with Crippen LogP contribution in [0.3, 0.4) is 0 Å². The molecule has 2 unspecified atom stereocenters. The highest BCUT2D eigenvalue weighted by molar-refractivity contribution is 5.71. The number of hydrogen-bond acceptors (Lipinski definition) is 9. The van der Waals surface area contributed by atoms with Crippen molar-refractivity contribution < 1.29 is 25.2 Å². The summed E-state index contributed by atoms with van der Waals surface area (Å²) in [6.45, 7) is -0.324. The minimum atomic E-state index is -1.44. The molecule has 0 radical (unpaired) electrons. The van der Waals surface area contributed by atoms with Crippen LogP contribution < -0.4 is 10.9 Å². The summed E-state index contributed by atoms with van der Waals surface area (Å²) in [5, 5.41) is 40.9. The highest BCUT2D eigenvalue weighted by Crippen LogP contribution is 2.31. The number of nitrogens with zero attached hydrogens (tertiary/aromatic N) is 4. The fourth-order valence-electron chi connectivity index (χ4n) is 2.94. The van der Waals surface area contributed by atoms with E-state index < -0.39 is 36.5 Å². The minimum absolute atomic E-state index is 0.00855. The molecule has 0 aliphatic carbocycles. The Morgan fingerprint density at radius 2 is 2.17 bits per heavy atom. The number of hydrogen-bond donors (Lipinski definition) is 5. The maximum Gasteiger partial charge on any atom is 0.285 e. The molecule has 124 valence electrons. The second kappa shape index (κ2) is 4.97. The average Bonchev–Trinajstić information content (AvgIpc) is 3.17. The molecule has 0 spiro atoms. The number of aliphatic hydroxyl groups excluding tert-OH is 4. The van der Waals surface area contributed by atoms with Gasteiger partial charge in [-0.25, -0.2) is 9.55 Å². The molecule has 5 atom stereocenters. The lowest BCUT2D eigenvalue weighted by atomic mass is 10.2. The largest absolute Gasteiger partial charge is 0.394 e. The van der Waals surface area contributed by atoms with Crippen LogP contribution in [0.25, 0.3) is 11.2 Å². The number of nitrogens with one attached hydrogen (secondary N) is 1. The Bertz CT molecular complexity index is 818. The molecule has 2 aromatic heterocycles. The molecule has 2 aliphatic rings. The van der Waals surface area contributed by atoms with Gasteiger partial charge in [0.1, 0.15) is 12.3 Å². The molecule has 1 fully saturated rings. The molecule has 0 aromatic carbocycles. The van der Waals surface area contributed by atoms with E-state index in [1.165, 1.54) is 10.9 Å². The second-order valence-corrected chi connectivity index (χ2v) is 5.55. The maximum atomic E-state index is 12.4. The molecule has 2 aliphatic heterocycles. The molecule has 1 saturated heterocycles. The number of anilines is 1. The Morgan fingerprint density at radius 3 is 2.87 bits per heavy atom. The SMILES string of the molecule is O=c1c2ncn([C@@H]3C[C@H](O)[C@@H](CO)O3)c2nc2n1C(O)C(O)N2. The van der Waals surface area contributed by atoms with Crippen molar-refractivity contribution in [3.8, 4) is 0 Å². The van der Waals surface area contributed by atoms with Gasteiger partial charge in [-0.15, -0.1) is 0 Å². The first-order valence-electron chi connectivity index (χ1n) is 7.07. The third-order valence-corrected chi connectivity index (χ3v) is 4.15. The molecule has 23 heavy (non-hydrogen) atoms.